The molecule has 0 radical (unpaired) electrons. The normalized spacial score (nSPS) is 11.7. The monoisotopic (exact) mass is 408 g/mol. The second kappa shape index (κ2) is 7.68. The summed E-state index contributed by atoms with van der Waals surface area (Å²) < 4.78 is 0. The summed E-state index contributed by atoms with van der Waals surface area (Å²) in [5, 5.41) is 11.2. The molecule has 3 heterocycles. The van der Waals surface area contributed by atoms with Crippen LogP contribution in [0.25, 0.3) is 39.1 Å². The Kier molecular flexibility index (Phi) is 4.57. The Morgan fingerprint density at radius 2 is 1.81 bits per heavy atom. The molecule has 3 aromatic heterocycles. The topological polar surface area (TPSA) is 134 Å². The van der Waals surface area contributed by atoms with Gasteiger partial charge in [0.05, 0.1) is 17.6 Å². The summed E-state index contributed by atoms with van der Waals surface area (Å²) in [6.07, 6.45) is 6.78. The van der Waals surface area contributed by atoms with E-state index >= 15 is 0 Å². The molecule has 8 nitrogen and oxygen atoms in total. The van der Waals surface area contributed by atoms with Gasteiger partial charge in [0, 0.05) is 46.3 Å². The number of hydrogen-bond acceptors (Lipinski definition) is 6. The van der Waals surface area contributed by atoms with E-state index in [0.29, 0.717) is 17.3 Å². The van der Waals surface area contributed by atoms with E-state index in [2.05, 4.69) is 30.5 Å². The van der Waals surface area contributed by atoms with Crippen LogP contribution in [-0.4, -0.2) is 25.1 Å². The molecule has 0 amide bonds. The minimum absolute atomic E-state index is 0.499. The summed E-state index contributed by atoms with van der Waals surface area (Å²) in [6, 6.07) is 17.9. The Morgan fingerprint density at radius 3 is 2.58 bits per heavy atom. The summed E-state index contributed by atoms with van der Waals surface area (Å²) in [5.74, 6) is 1.34. The van der Waals surface area contributed by atoms with E-state index in [9.17, 15) is 0 Å². The molecule has 0 aliphatic carbocycles. The number of benzene rings is 2. The maximum absolute atomic E-state index is 5.90. The number of nitrogens with two attached hydrogens (primary N) is 2. The van der Waals surface area contributed by atoms with Gasteiger partial charge in [-0.15, -0.1) is 0 Å². The third-order valence-electron chi connectivity index (χ3n) is 5.02. The van der Waals surface area contributed by atoms with E-state index in [-0.39, 0.29) is 0 Å². The van der Waals surface area contributed by atoms with Crippen molar-refractivity contribution in [2.75, 3.05) is 5.32 Å². The SMILES string of the molecule is N/C=C(\N)c1cc2ccc(-c3nccc(Nc4ccc(-c5cn[nH]c5)cc4)n3)cc2[nH]1. The minimum Gasteiger partial charge on any atom is -0.403 e. The number of nitrogens with one attached hydrogen (secondary N) is 3. The molecule has 5 rings (SSSR count). The Hall–Kier alpha value is -4.59. The van der Waals surface area contributed by atoms with Crippen LogP contribution in [0.3, 0.4) is 0 Å². The zero-order valence-corrected chi connectivity index (χ0v) is 16.5. The van der Waals surface area contributed by atoms with Gasteiger partial charge in [-0.1, -0.05) is 24.3 Å². The molecule has 0 bridgehead atoms. The maximum Gasteiger partial charge on any atom is 0.161 e. The maximum atomic E-state index is 5.90. The third kappa shape index (κ3) is 3.69. The zero-order chi connectivity index (χ0) is 21.2. The molecule has 31 heavy (non-hydrogen) atoms. The van der Waals surface area contributed by atoms with Crippen molar-refractivity contribution >= 4 is 28.1 Å². The number of nitrogens with zero attached hydrogens (tertiary/aromatic N) is 3. The number of fused-ring (bicyclic) bond motifs is 1. The second-order valence-corrected chi connectivity index (χ2v) is 7.06. The molecule has 2 aromatic carbocycles. The smallest absolute Gasteiger partial charge is 0.161 e. The molecule has 7 N–H and O–H groups in total. The highest BCUT2D eigenvalue weighted by atomic mass is 15.1. The average Bonchev–Trinajstić information content (AvgIpc) is 3.49. The summed E-state index contributed by atoms with van der Waals surface area (Å²) in [7, 11) is 0. The standard InChI is InChI=1S/C23H20N8/c24-11-19(25)21-9-15-1-2-16(10-20(15)30-21)23-26-8-7-22(31-23)29-18-5-3-14(4-6-18)17-12-27-28-13-17/h1-13,30H,24-25H2,(H,27,28)(H,26,29,31)/b19-11-. The van der Waals surface area contributed by atoms with Gasteiger partial charge in [-0.05, 0) is 35.9 Å². The molecule has 152 valence electrons. The fourth-order valence-electron chi connectivity index (χ4n) is 3.38. The number of aromatic amines is 2. The zero-order valence-electron chi connectivity index (χ0n) is 16.5. The first-order valence-corrected chi connectivity index (χ1v) is 9.70. The van der Waals surface area contributed by atoms with Crippen molar-refractivity contribution in [3.8, 4) is 22.5 Å². The lowest BCUT2D eigenvalue weighted by atomic mass is 10.1. The molecule has 8 heteroatoms. The van der Waals surface area contributed by atoms with E-state index in [1.54, 1.807) is 12.4 Å². The van der Waals surface area contributed by atoms with E-state index < -0.39 is 0 Å². The van der Waals surface area contributed by atoms with Gasteiger partial charge in [0.15, 0.2) is 5.82 Å². The van der Waals surface area contributed by atoms with Gasteiger partial charge in [0.25, 0.3) is 0 Å². The van der Waals surface area contributed by atoms with Gasteiger partial charge in [-0.2, -0.15) is 5.10 Å². The molecule has 0 saturated heterocycles. The van der Waals surface area contributed by atoms with Crippen molar-refractivity contribution in [1.82, 2.24) is 25.1 Å². The molecule has 0 fully saturated rings. The number of anilines is 2. The van der Waals surface area contributed by atoms with Crippen molar-refractivity contribution < 1.29 is 0 Å². The molecule has 0 aliphatic heterocycles. The van der Waals surface area contributed by atoms with Crippen LogP contribution in [0.5, 0.6) is 0 Å². The first-order valence-electron chi connectivity index (χ1n) is 9.70. The molecule has 0 atom stereocenters. The Labute approximate surface area is 178 Å². The summed E-state index contributed by atoms with van der Waals surface area (Å²) >= 11 is 0. The van der Waals surface area contributed by atoms with Gasteiger partial charge in [-0.25, -0.2) is 9.97 Å². The van der Waals surface area contributed by atoms with Crippen molar-refractivity contribution in [3.05, 3.63) is 85.1 Å². The van der Waals surface area contributed by atoms with Gasteiger partial charge in [0.1, 0.15) is 5.82 Å². The van der Waals surface area contributed by atoms with Gasteiger partial charge in [0.2, 0.25) is 0 Å². The van der Waals surface area contributed by atoms with E-state index in [0.717, 1.165) is 39.0 Å². The highest BCUT2D eigenvalue weighted by molar-refractivity contribution is 5.87. The largest absolute Gasteiger partial charge is 0.403 e. The second-order valence-electron chi connectivity index (χ2n) is 7.06. The lowest BCUT2D eigenvalue weighted by Crippen LogP contribution is -1.99. The summed E-state index contributed by atoms with van der Waals surface area (Å²) in [6.45, 7) is 0. The van der Waals surface area contributed by atoms with Crippen LogP contribution in [0.1, 0.15) is 5.69 Å². The molecular weight excluding hydrogens is 388 g/mol. The number of hydrogen-bond donors (Lipinski definition) is 5. The summed E-state index contributed by atoms with van der Waals surface area (Å²) in [4.78, 5) is 12.4. The fourth-order valence-corrected chi connectivity index (χ4v) is 3.38. The predicted octanol–water partition coefficient (Wildman–Crippen LogP) is 3.97. The highest BCUT2D eigenvalue weighted by Crippen LogP contribution is 2.26. The molecule has 5 aromatic rings. The summed E-state index contributed by atoms with van der Waals surface area (Å²) in [5.41, 5.74) is 17.6. The molecule has 0 unspecified atom stereocenters. The van der Waals surface area contributed by atoms with E-state index in [4.69, 9.17) is 11.5 Å². The fraction of sp³-hybridized carbons (Fsp3) is 0. The quantitative estimate of drug-likeness (QED) is 0.299. The van der Waals surface area contributed by atoms with Gasteiger partial charge < -0.3 is 21.8 Å². The molecule has 0 spiro atoms. The lowest BCUT2D eigenvalue weighted by Gasteiger charge is -2.08. The van der Waals surface area contributed by atoms with Crippen LogP contribution in [0.15, 0.2) is 79.4 Å². The van der Waals surface area contributed by atoms with E-state index in [1.165, 1.54) is 6.20 Å². The molecule has 0 saturated carbocycles. The van der Waals surface area contributed by atoms with Crippen LogP contribution < -0.4 is 16.8 Å². The van der Waals surface area contributed by atoms with Gasteiger partial charge in [-0.3, -0.25) is 5.10 Å². The predicted molar refractivity (Wildman–Crippen MR) is 123 cm³/mol. The van der Waals surface area contributed by atoms with Crippen LogP contribution in [0.2, 0.25) is 0 Å². The number of H-pyrrole nitrogens is 2. The highest BCUT2D eigenvalue weighted by Gasteiger charge is 2.08. The van der Waals surface area contributed by atoms with Crippen molar-refractivity contribution in [2.24, 2.45) is 11.5 Å². The lowest BCUT2D eigenvalue weighted by molar-refractivity contribution is 1.09. The minimum atomic E-state index is 0.499. The van der Waals surface area contributed by atoms with Crippen molar-refractivity contribution in [2.45, 2.75) is 0 Å². The van der Waals surface area contributed by atoms with Crippen LogP contribution in [-0.2, 0) is 0 Å². The van der Waals surface area contributed by atoms with Crippen molar-refractivity contribution in [1.29, 1.82) is 0 Å². The Balaban J connectivity index is 1.40. The third-order valence-corrected chi connectivity index (χ3v) is 5.02. The Bertz CT molecular complexity index is 1360. The molecule has 0 aliphatic rings. The number of rotatable bonds is 5. The average molecular weight is 408 g/mol. The number of aromatic nitrogens is 5. The van der Waals surface area contributed by atoms with Crippen LogP contribution >= 0.6 is 0 Å². The molecular formula is C23H20N8. The first-order chi connectivity index (χ1) is 15.2. The first kappa shape index (κ1) is 18.4. The Morgan fingerprint density at radius 1 is 0.968 bits per heavy atom. The van der Waals surface area contributed by atoms with Crippen LogP contribution in [0.4, 0.5) is 11.5 Å². The van der Waals surface area contributed by atoms with E-state index in [1.807, 2.05) is 60.8 Å². The van der Waals surface area contributed by atoms with Crippen LogP contribution in [0, 0.1) is 0 Å². The van der Waals surface area contributed by atoms with Crippen molar-refractivity contribution in [3.63, 3.8) is 0 Å². The van der Waals surface area contributed by atoms with Gasteiger partial charge >= 0.3 is 0 Å².